The Morgan fingerprint density at radius 2 is 2.00 bits per heavy atom. The molecule has 1 aromatic carbocycles. The van der Waals surface area contributed by atoms with Crippen LogP contribution in [-0.4, -0.2) is 7.11 Å². The molecule has 2 rings (SSSR count). The Kier molecular flexibility index (Phi) is 3.93. The second-order valence-electron chi connectivity index (χ2n) is 3.99. The average Bonchev–Trinajstić information content (AvgIpc) is 2.34. The summed E-state index contributed by atoms with van der Waals surface area (Å²) in [6.45, 7) is 0. The lowest BCUT2D eigenvalue weighted by Crippen LogP contribution is -2.07. The summed E-state index contributed by atoms with van der Waals surface area (Å²) in [4.78, 5) is 0. The smallest absolute Gasteiger partial charge is 0.103 e. The van der Waals surface area contributed by atoms with Crippen molar-refractivity contribution in [1.29, 1.82) is 0 Å². The van der Waals surface area contributed by atoms with Gasteiger partial charge in [-0.25, -0.2) is 0 Å². The quantitative estimate of drug-likeness (QED) is 0.727. The van der Waals surface area contributed by atoms with Gasteiger partial charge < -0.3 is 4.74 Å². The van der Waals surface area contributed by atoms with Gasteiger partial charge in [-0.1, -0.05) is 42.5 Å². The molecule has 2 atom stereocenters. The van der Waals surface area contributed by atoms with Gasteiger partial charge in [-0.2, -0.15) is 0 Å². The van der Waals surface area contributed by atoms with Crippen LogP contribution >= 0.6 is 9.24 Å². The Balaban J connectivity index is 2.25. The van der Waals surface area contributed by atoms with Gasteiger partial charge in [-0.3, -0.25) is 0 Å². The molecule has 0 aliphatic heterocycles. The van der Waals surface area contributed by atoms with E-state index in [1.165, 1.54) is 16.4 Å². The molecule has 1 nitrogen and oxygen atoms in total. The maximum atomic E-state index is 5.61. The first kappa shape index (κ1) is 11.6. The van der Waals surface area contributed by atoms with Crippen LogP contribution in [0.1, 0.15) is 24.5 Å². The Hall–Kier alpha value is -0.910. The molecule has 0 saturated heterocycles. The fourth-order valence-corrected chi connectivity index (χ4v) is 2.20. The third-order valence-electron chi connectivity index (χ3n) is 2.86. The highest BCUT2D eigenvalue weighted by Gasteiger charge is 2.15. The van der Waals surface area contributed by atoms with Crippen LogP contribution in [0.15, 0.2) is 48.1 Å². The van der Waals surface area contributed by atoms with E-state index in [1.54, 1.807) is 7.11 Å². The lowest BCUT2D eigenvalue weighted by atomic mass is 9.95. The highest BCUT2D eigenvalue weighted by molar-refractivity contribution is 7.27. The van der Waals surface area contributed by atoms with Crippen LogP contribution in [0, 0.1) is 0 Å². The molecule has 0 spiro atoms. The first-order chi connectivity index (χ1) is 7.81. The van der Waals surface area contributed by atoms with E-state index in [4.69, 9.17) is 4.74 Å². The predicted octanol–water partition coefficient (Wildman–Crippen LogP) is 3.15. The molecular weight excluding hydrogens is 215 g/mol. The largest absolute Gasteiger partial charge is 0.372 e. The van der Waals surface area contributed by atoms with Gasteiger partial charge in [0.2, 0.25) is 0 Å². The third-order valence-corrected chi connectivity index (χ3v) is 3.24. The molecule has 2 unspecified atom stereocenters. The van der Waals surface area contributed by atoms with E-state index in [1.807, 2.05) is 0 Å². The first-order valence-electron chi connectivity index (χ1n) is 5.55. The summed E-state index contributed by atoms with van der Waals surface area (Å²) in [5, 5.41) is 1.20. The monoisotopic (exact) mass is 232 g/mol. The van der Waals surface area contributed by atoms with Gasteiger partial charge in [-0.15, -0.1) is 9.24 Å². The van der Waals surface area contributed by atoms with Crippen LogP contribution in [0.4, 0.5) is 0 Å². The van der Waals surface area contributed by atoms with Crippen molar-refractivity contribution in [3.05, 3.63) is 53.6 Å². The molecule has 1 aliphatic rings. The maximum absolute atomic E-state index is 5.61. The van der Waals surface area contributed by atoms with Crippen LogP contribution in [0.25, 0.3) is 0 Å². The van der Waals surface area contributed by atoms with Crippen LogP contribution in [-0.2, 0) is 4.74 Å². The highest BCUT2D eigenvalue weighted by Crippen LogP contribution is 2.29. The van der Waals surface area contributed by atoms with Gasteiger partial charge in [-0.05, 0) is 29.3 Å². The zero-order valence-electron chi connectivity index (χ0n) is 9.52. The van der Waals surface area contributed by atoms with Gasteiger partial charge in [0.05, 0.1) is 0 Å². The van der Waals surface area contributed by atoms with Crippen LogP contribution in [0.5, 0.6) is 0 Å². The van der Waals surface area contributed by atoms with E-state index in [0.717, 1.165) is 12.8 Å². The molecule has 1 aliphatic carbocycles. The molecule has 84 valence electrons. The molecule has 0 bridgehead atoms. The molecule has 0 fully saturated rings. The van der Waals surface area contributed by atoms with Crippen molar-refractivity contribution in [2.45, 2.75) is 18.9 Å². The minimum atomic E-state index is 0.107. The number of methoxy groups -OCH3 is 1. The van der Waals surface area contributed by atoms with Gasteiger partial charge >= 0.3 is 0 Å². The summed E-state index contributed by atoms with van der Waals surface area (Å²) in [5.41, 5.74) is 2.59. The van der Waals surface area contributed by atoms with Crippen molar-refractivity contribution in [3.63, 3.8) is 0 Å². The molecule has 0 N–H and O–H groups in total. The number of rotatable bonds is 3. The van der Waals surface area contributed by atoms with Crippen molar-refractivity contribution in [1.82, 2.24) is 0 Å². The van der Waals surface area contributed by atoms with Crippen molar-refractivity contribution in [2.75, 3.05) is 7.11 Å². The zero-order chi connectivity index (χ0) is 11.4. The van der Waals surface area contributed by atoms with Crippen LogP contribution in [0.3, 0.4) is 0 Å². The number of hydrogen-bond acceptors (Lipinski definition) is 1. The molecule has 2 heteroatoms. The van der Waals surface area contributed by atoms with Gasteiger partial charge in [0.1, 0.15) is 6.10 Å². The molecule has 0 aromatic heterocycles. The first-order valence-corrected chi connectivity index (χ1v) is 6.13. The average molecular weight is 232 g/mol. The summed E-state index contributed by atoms with van der Waals surface area (Å²) in [7, 11) is 4.48. The van der Waals surface area contributed by atoms with Crippen molar-refractivity contribution < 1.29 is 4.74 Å². The lowest BCUT2D eigenvalue weighted by Gasteiger charge is -2.20. The van der Waals surface area contributed by atoms with E-state index in [-0.39, 0.29) is 6.10 Å². The Labute approximate surface area is 99.4 Å². The highest BCUT2D eigenvalue weighted by atomic mass is 31.0. The lowest BCUT2D eigenvalue weighted by molar-refractivity contribution is 0.130. The van der Waals surface area contributed by atoms with Crippen molar-refractivity contribution >= 4 is 14.5 Å². The van der Waals surface area contributed by atoms with Crippen LogP contribution < -0.4 is 5.30 Å². The summed E-state index contributed by atoms with van der Waals surface area (Å²) in [6, 6.07) is 8.47. The van der Waals surface area contributed by atoms with Gasteiger partial charge in [0, 0.05) is 7.11 Å². The molecule has 1 aromatic rings. The van der Waals surface area contributed by atoms with E-state index < -0.39 is 0 Å². The van der Waals surface area contributed by atoms with E-state index in [0.29, 0.717) is 0 Å². The van der Waals surface area contributed by atoms with Gasteiger partial charge in [0.25, 0.3) is 0 Å². The summed E-state index contributed by atoms with van der Waals surface area (Å²) < 4.78 is 5.61. The van der Waals surface area contributed by atoms with Crippen LogP contribution in [0.2, 0.25) is 0 Å². The fraction of sp³-hybridized carbons (Fsp3) is 0.286. The minimum Gasteiger partial charge on any atom is -0.372 e. The summed E-state index contributed by atoms with van der Waals surface area (Å²) in [5.74, 6) is 0. The molecule has 0 amide bonds. The van der Waals surface area contributed by atoms with Gasteiger partial charge in [0.15, 0.2) is 0 Å². The number of hydrogen-bond donors (Lipinski definition) is 0. The molecule has 0 heterocycles. The van der Waals surface area contributed by atoms with Crippen molar-refractivity contribution in [2.24, 2.45) is 0 Å². The second kappa shape index (κ2) is 5.43. The topological polar surface area (TPSA) is 9.23 Å². The second-order valence-corrected chi connectivity index (χ2v) is 4.66. The van der Waals surface area contributed by atoms with Crippen molar-refractivity contribution in [3.8, 4) is 0 Å². The summed E-state index contributed by atoms with van der Waals surface area (Å²) >= 11 is 0. The Morgan fingerprint density at radius 1 is 1.25 bits per heavy atom. The molecule has 0 radical (unpaired) electrons. The maximum Gasteiger partial charge on any atom is 0.103 e. The van der Waals surface area contributed by atoms with E-state index in [9.17, 15) is 0 Å². The third kappa shape index (κ3) is 2.61. The fourth-order valence-electron chi connectivity index (χ4n) is 2.01. The number of benzene rings is 1. The molecular formula is C14H17OP. The predicted molar refractivity (Wildman–Crippen MR) is 72.0 cm³/mol. The number of allylic oxidation sites excluding steroid dienone is 3. The van der Waals surface area contributed by atoms with E-state index in [2.05, 4.69) is 51.7 Å². The minimum absolute atomic E-state index is 0.107. The Morgan fingerprint density at radius 3 is 2.56 bits per heavy atom. The normalized spacial score (nSPS) is 17.0. The molecule has 16 heavy (non-hydrogen) atoms. The molecule has 0 saturated carbocycles. The SMILES string of the molecule is COC(C1=CC=CCC1)c1ccc(P)cc1. The van der Waals surface area contributed by atoms with E-state index >= 15 is 0 Å². The number of ether oxygens (including phenoxy) is 1. The zero-order valence-corrected chi connectivity index (χ0v) is 10.7. The standard InChI is InChI=1S/C14H17OP/c1-15-14(11-5-3-2-4-6-11)12-7-9-13(16)10-8-12/h2-3,5,7-10,14H,4,6,16H2,1H3. The Bertz CT molecular complexity index is 403. The summed E-state index contributed by atoms with van der Waals surface area (Å²) in [6.07, 6.45) is 8.81.